The summed E-state index contributed by atoms with van der Waals surface area (Å²) in [6.07, 6.45) is 1.90. The molecule has 1 amide bonds. The minimum absolute atomic E-state index is 0.145. The smallest absolute Gasteiger partial charge is 0.410 e. The maximum atomic E-state index is 12.5. The predicted molar refractivity (Wildman–Crippen MR) is 111 cm³/mol. The van der Waals surface area contributed by atoms with Gasteiger partial charge in [0, 0.05) is 11.1 Å². The van der Waals surface area contributed by atoms with Crippen molar-refractivity contribution in [2.75, 3.05) is 12.8 Å². The van der Waals surface area contributed by atoms with Crippen molar-refractivity contribution >= 4 is 23.6 Å². The van der Waals surface area contributed by atoms with Gasteiger partial charge in [-0.25, -0.2) is 14.8 Å². The quantitative estimate of drug-likeness (QED) is 0.791. The number of ether oxygens (including phenoxy) is 2. The first-order valence-corrected chi connectivity index (χ1v) is 10.0. The van der Waals surface area contributed by atoms with Crippen LogP contribution in [-0.4, -0.2) is 33.7 Å². The van der Waals surface area contributed by atoms with Crippen LogP contribution in [0.15, 0.2) is 12.1 Å². The first-order valence-electron chi connectivity index (χ1n) is 9.67. The standard InChI is InChI=1S/C21H25ClN4O3/c1-21(2,3)29-20(27)26-9-14-16(10-26)24-19(23)25-18(14)13-8-17(28-4)12(7-15(13)22)11-5-6-11/h7-8,11H,5-6,9-10H2,1-4H3,(H2,23,24,25). The van der Waals surface area contributed by atoms with E-state index in [2.05, 4.69) is 9.97 Å². The van der Waals surface area contributed by atoms with Crippen LogP contribution in [0.5, 0.6) is 5.75 Å². The number of halogens is 1. The maximum Gasteiger partial charge on any atom is 0.410 e. The Morgan fingerprint density at radius 1 is 1.24 bits per heavy atom. The molecule has 2 N–H and O–H groups in total. The van der Waals surface area contributed by atoms with Crippen LogP contribution >= 0.6 is 11.6 Å². The molecule has 0 spiro atoms. The molecule has 1 aromatic heterocycles. The molecule has 29 heavy (non-hydrogen) atoms. The third-order valence-electron chi connectivity index (χ3n) is 5.04. The molecule has 1 aromatic carbocycles. The number of carbonyl (C=O) groups is 1. The molecule has 0 atom stereocenters. The average molecular weight is 417 g/mol. The Balaban J connectivity index is 1.72. The van der Waals surface area contributed by atoms with Crippen LogP contribution in [0.2, 0.25) is 5.02 Å². The fourth-order valence-electron chi connectivity index (χ4n) is 3.59. The molecule has 2 heterocycles. The Morgan fingerprint density at radius 3 is 2.59 bits per heavy atom. The SMILES string of the molecule is COc1cc(-c2nc(N)nc3c2CN(C(=O)OC(C)(C)C)C3)c(Cl)cc1C1CC1. The molecule has 0 radical (unpaired) electrons. The summed E-state index contributed by atoms with van der Waals surface area (Å²) >= 11 is 6.64. The Hall–Kier alpha value is -2.54. The molecule has 0 bridgehead atoms. The number of nitrogens with two attached hydrogens (primary N) is 1. The molecular formula is C21H25ClN4O3. The predicted octanol–water partition coefficient (Wildman–Crippen LogP) is 4.52. The second-order valence-corrected chi connectivity index (χ2v) is 8.95. The Bertz CT molecular complexity index is 983. The fourth-order valence-corrected chi connectivity index (χ4v) is 3.85. The lowest BCUT2D eigenvalue weighted by Gasteiger charge is -2.24. The summed E-state index contributed by atoms with van der Waals surface area (Å²) in [6, 6.07) is 3.87. The molecule has 1 aliphatic heterocycles. The van der Waals surface area contributed by atoms with Gasteiger partial charge in [-0.2, -0.15) is 0 Å². The van der Waals surface area contributed by atoms with Gasteiger partial charge in [0.1, 0.15) is 11.4 Å². The second kappa shape index (κ2) is 7.06. The van der Waals surface area contributed by atoms with Gasteiger partial charge in [0.05, 0.1) is 36.6 Å². The summed E-state index contributed by atoms with van der Waals surface area (Å²) < 4.78 is 11.1. The number of carbonyl (C=O) groups excluding carboxylic acids is 1. The van der Waals surface area contributed by atoms with Gasteiger partial charge in [-0.3, -0.25) is 4.90 Å². The number of nitrogen functional groups attached to an aromatic ring is 1. The second-order valence-electron chi connectivity index (χ2n) is 8.54. The van der Waals surface area contributed by atoms with Gasteiger partial charge in [-0.15, -0.1) is 0 Å². The molecule has 4 rings (SSSR count). The average Bonchev–Trinajstić information content (AvgIpc) is 3.38. The number of amides is 1. The topological polar surface area (TPSA) is 90.6 Å². The van der Waals surface area contributed by atoms with E-state index in [1.54, 1.807) is 12.0 Å². The Kier molecular flexibility index (Phi) is 4.81. The van der Waals surface area contributed by atoms with E-state index in [0.717, 1.165) is 35.3 Å². The number of anilines is 1. The summed E-state index contributed by atoms with van der Waals surface area (Å²) in [5, 5.41) is 0.587. The number of fused-ring (bicyclic) bond motifs is 1. The van der Waals surface area contributed by atoms with Gasteiger partial charge >= 0.3 is 6.09 Å². The van der Waals surface area contributed by atoms with Crippen molar-refractivity contribution in [1.82, 2.24) is 14.9 Å². The number of methoxy groups -OCH3 is 1. The molecule has 154 valence electrons. The molecule has 2 aliphatic rings. The molecule has 7 nitrogen and oxygen atoms in total. The van der Waals surface area contributed by atoms with Crippen molar-refractivity contribution in [2.24, 2.45) is 0 Å². The van der Waals surface area contributed by atoms with Crippen LogP contribution in [-0.2, 0) is 17.8 Å². The maximum absolute atomic E-state index is 12.5. The zero-order valence-electron chi connectivity index (χ0n) is 17.1. The van der Waals surface area contributed by atoms with Crippen molar-refractivity contribution in [3.05, 3.63) is 34.0 Å². The van der Waals surface area contributed by atoms with E-state index in [1.807, 2.05) is 32.9 Å². The highest BCUT2D eigenvalue weighted by Crippen LogP contribution is 2.47. The largest absolute Gasteiger partial charge is 0.496 e. The zero-order chi connectivity index (χ0) is 20.9. The van der Waals surface area contributed by atoms with Crippen LogP contribution < -0.4 is 10.5 Å². The van der Waals surface area contributed by atoms with Gasteiger partial charge in [0.2, 0.25) is 5.95 Å². The molecular weight excluding hydrogens is 392 g/mol. The lowest BCUT2D eigenvalue weighted by atomic mass is 10.0. The third-order valence-corrected chi connectivity index (χ3v) is 5.36. The molecule has 1 saturated carbocycles. The monoisotopic (exact) mass is 416 g/mol. The van der Waals surface area contributed by atoms with Crippen LogP contribution in [0.3, 0.4) is 0 Å². The van der Waals surface area contributed by atoms with Crippen molar-refractivity contribution in [3.8, 4) is 17.0 Å². The molecule has 1 aliphatic carbocycles. The van der Waals surface area contributed by atoms with E-state index >= 15 is 0 Å². The molecule has 8 heteroatoms. The van der Waals surface area contributed by atoms with Crippen molar-refractivity contribution < 1.29 is 14.3 Å². The number of aromatic nitrogens is 2. The highest BCUT2D eigenvalue weighted by molar-refractivity contribution is 6.33. The lowest BCUT2D eigenvalue weighted by molar-refractivity contribution is 0.0241. The van der Waals surface area contributed by atoms with E-state index in [9.17, 15) is 4.79 Å². The third kappa shape index (κ3) is 3.96. The van der Waals surface area contributed by atoms with E-state index in [0.29, 0.717) is 35.4 Å². The Morgan fingerprint density at radius 2 is 1.97 bits per heavy atom. The number of hydrogen-bond acceptors (Lipinski definition) is 6. The van der Waals surface area contributed by atoms with E-state index in [1.165, 1.54) is 0 Å². The van der Waals surface area contributed by atoms with E-state index in [4.69, 9.17) is 26.8 Å². The highest BCUT2D eigenvalue weighted by atomic mass is 35.5. The zero-order valence-corrected chi connectivity index (χ0v) is 17.8. The van der Waals surface area contributed by atoms with Gasteiger partial charge in [0.25, 0.3) is 0 Å². The normalized spacial score (nSPS) is 16.0. The first kappa shape index (κ1) is 19.8. The number of benzene rings is 1. The molecule has 0 unspecified atom stereocenters. The summed E-state index contributed by atoms with van der Waals surface area (Å²) in [7, 11) is 1.65. The van der Waals surface area contributed by atoms with Gasteiger partial charge in [-0.05, 0) is 57.2 Å². The minimum atomic E-state index is -0.575. The molecule has 1 fully saturated rings. The van der Waals surface area contributed by atoms with Crippen molar-refractivity contribution in [1.29, 1.82) is 0 Å². The summed E-state index contributed by atoms with van der Waals surface area (Å²) in [5.74, 6) is 1.44. The molecule has 0 saturated heterocycles. The first-order chi connectivity index (χ1) is 13.7. The van der Waals surface area contributed by atoms with E-state index < -0.39 is 11.7 Å². The highest BCUT2D eigenvalue weighted by Gasteiger charge is 2.33. The number of rotatable bonds is 3. The summed E-state index contributed by atoms with van der Waals surface area (Å²) in [5.41, 5.74) is 9.41. The van der Waals surface area contributed by atoms with Crippen LogP contribution in [0, 0.1) is 0 Å². The summed E-state index contributed by atoms with van der Waals surface area (Å²) in [6.45, 7) is 6.17. The van der Waals surface area contributed by atoms with E-state index in [-0.39, 0.29) is 5.95 Å². The lowest BCUT2D eigenvalue weighted by Crippen LogP contribution is -2.33. The van der Waals surface area contributed by atoms with Crippen molar-refractivity contribution in [2.45, 2.75) is 58.2 Å². The van der Waals surface area contributed by atoms with Crippen LogP contribution in [0.1, 0.15) is 56.4 Å². The van der Waals surface area contributed by atoms with Gasteiger partial charge < -0.3 is 15.2 Å². The Labute approximate surface area is 175 Å². The van der Waals surface area contributed by atoms with Crippen molar-refractivity contribution in [3.63, 3.8) is 0 Å². The minimum Gasteiger partial charge on any atom is -0.496 e. The van der Waals surface area contributed by atoms with Crippen LogP contribution in [0.4, 0.5) is 10.7 Å². The molecule has 2 aromatic rings. The van der Waals surface area contributed by atoms with Gasteiger partial charge in [-0.1, -0.05) is 11.6 Å². The van der Waals surface area contributed by atoms with Gasteiger partial charge in [0.15, 0.2) is 0 Å². The number of hydrogen-bond donors (Lipinski definition) is 1. The summed E-state index contributed by atoms with van der Waals surface area (Å²) in [4.78, 5) is 22.9. The number of nitrogens with zero attached hydrogens (tertiary/aromatic N) is 3. The van der Waals surface area contributed by atoms with Crippen LogP contribution in [0.25, 0.3) is 11.3 Å². The fraction of sp³-hybridized carbons (Fsp3) is 0.476.